The van der Waals surface area contributed by atoms with Crippen LogP contribution < -0.4 is 14.2 Å². The van der Waals surface area contributed by atoms with Crippen LogP contribution in [0.3, 0.4) is 0 Å². The van der Waals surface area contributed by atoms with Crippen LogP contribution >= 0.6 is 0 Å². The number of hydrogen-bond acceptors (Lipinski definition) is 5. The monoisotopic (exact) mass is 494 g/mol. The normalized spacial score (nSPS) is 10.9. The van der Waals surface area contributed by atoms with E-state index in [9.17, 15) is 9.90 Å². The molecule has 0 radical (unpaired) electrons. The van der Waals surface area contributed by atoms with E-state index in [-0.39, 0.29) is 37.7 Å². The van der Waals surface area contributed by atoms with Gasteiger partial charge in [0.1, 0.15) is 11.5 Å². The van der Waals surface area contributed by atoms with Crippen molar-refractivity contribution in [2.75, 3.05) is 13.2 Å². The van der Waals surface area contributed by atoms with Crippen LogP contribution in [0.2, 0.25) is 0 Å². The molecule has 1 aromatic heterocycles. The zero-order valence-electron chi connectivity index (χ0n) is 19.7. The summed E-state index contributed by atoms with van der Waals surface area (Å²) in [7, 11) is 0. The molecule has 0 unspecified atom stereocenters. The van der Waals surface area contributed by atoms with Gasteiger partial charge < -0.3 is 19.3 Å². The van der Waals surface area contributed by atoms with Crippen molar-refractivity contribution in [3.05, 3.63) is 65.9 Å². The molecule has 0 aliphatic rings. The number of hydrogen-bond donors (Lipinski definition) is 1. The van der Waals surface area contributed by atoms with Gasteiger partial charge in [-0.15, -0.1) is 5.10 Å². The number of ether oxygens (including phenoxy) is 3. The van der Waals surface area contributed by atoms with Gasteiger partial charge in [-0.1, -0.05) is 25.1 Å². The first-order valence-electron chi connectivity index (χ1n) is 11.3. The van der Waals surface area contributed by atoms with Crippen LogP contribution in [0.5, 0.6) is 17.4 Å². The zero-order valence-corrected chi connectivity index (χ0v) is 19.7. The Kier molecular flexibility index (Phi) is 10.7. The van der Waals surface area contributed by atoms with Crippen LogP contribution in [0, 0.1) is 0 Å². The third-order valence-corrected chi connectivity index (χ3v) is 5.19. The molecule has 2 aromatic carbocycles. The Hall–Kier alpha value is -2.22. The summed E-state index contributed by atoms with van der Waals surface area (Å²) in [6.07, 6.45) is 4.53. The van der Waals surface area contributed by atoms with Crippen molar-refractivity contribution in [2.24, 2.45) is 0 Å². The number of carbonyl (C=O) groups is 1. The van der Waals surface area contributed by atoms with Gasteiger partial charge in [0, 0.05) is 17.8 Å². The summed E-state index contributed by atoms with van der Waals surface area (Å²) in [5.41, 5.74) is 2.00. The van der Waals surface area contributed by atoms with Crippen LogP contribution in [0.15, 0.2) is 54.7 Å². The summed E-state index contributed by atoms with van der Waals surface area (Å²) in [5.74, 6) is 0.698. The average Bonchev–Trinajstić information content (AvgIpc) is 3.19. The molecule has 0 saturated carbocycles. The first-order chi connectivity index (χ1) is 15.8. The minimum absolute atomic E-state index is 0. The van der Waals surface area contributed by atoms with Gasteiger partial charge in [0.05, 0.1) is 18.9 Å². The quantitative estimate of drug-likeness (QED) is 0.301. The number of rotatable bonds is 12. The van der Waals surface area contributed by atoms with Gasteiger partial charge in [0.2, 0.25) is 5.88 Å². The number of benzene rings is 2. The molecule has 0 saturated heterocycles. The third kappa shape index (κ3) is 7.65. The maximum atomic E-state index is 11.3. The van der Waals surface area contributed by atoms with Crippen molar-refractivity contribution in [2.45, 2.75) is 52.6 Å². The van der Waals surface area contributed by atoms with Crippen LogP contribution in [0.25, 0.3) is 5.69 Å². The second-order valence-corrected chi connectivity index (χ2v) is 8.20. The van der Waals surface area contributed by atoms with Crippen LogP contribution in [-0.4, -0.2) is 77.4 Å². The van der Waals surface area contributed by atoms with E-state index in [1.54, 1.807) is 18.2 Å². The summed E-state index contributed by atoms with van der Waals surface area (Å²) in [4.78, 5) is 11.3. The molecule has 180 valence electrons. The Bertz CT molecular complexity index is 1060. The van der Waals surface area contributed by atoms with E-state index in [0.717, 1.165) is 30.5 Å². The number of aliphatic carboxylic acids is 1. The Morgan fingerprint density at radius 2 is 1.76 bits per heavy atom. The molecular formula is C26H34CaN2O5. The van der Waals surface area contributed by atoms with Gasteiger partial charge in [0.15, 0.2) is 5.60 Å². The summed E-state index contributed by atoms with van der Waals surface area (Å²) < 4.78 is 19.0. The van der Waals surface area contributed by atoms with Gasteiger partial charge >= 0.3 is 43.7 Å². The van der Waals surface area contributed by atoms with Crippen LogP contribution in [0.4, 0.5) is 0 Å². The Labute approximate surface area is 231 Å². The number of carboxylic acid groups (broad SMARTS) is 1. The second-order valence-electron chi connectivity index (χ2n) is 8.20. The Morgan fingerprint density at radius 3 is 2.41 bits per heavy atom. The van der Waals surface area contributed by atoms with E-state index < -0.39 is 11.6 Å². The number of aryl methyl sites for hydroxylation is 2. The summed E-state index contributed by atoms with van der Waals surface area (Å²) in [6, 6.07) is 15.4. The van der Waals surface area contributed by atoms with Gasteiger partial charge in [-0.3, -0.25) is 0 Å². The minimum atomic E-state index is -1.31. The SMILES string of the molecule is CCOc1nn(-c2ccc(CC)cc2)cc1CCCOc1cccc(OC(C)(C)C(=O)O)c1.[CaH2]. The zero-order chi connectivity index (χ0) is 23.8. The van der Waals surface area contributed by atoms with E-state index in [0.29, 0.717) is 30.6 Å². The molecular weight excluding hydrogens is 460 g/mol. The van der Waals surface area contributed by atoms with Crippen molar-refractivity contribution in [3.8, 4) is 23.1 Å². The molecule has 0 aliphatic carbocycles. The number of aromatic nitrogens is 2. The third-order valence-electron chi connectivity index (χ3n) is 5.19. The van der Waals surface area contributed by atoms with Gasteiger partial charge in [-0.25, -0.2) is 9.48 Å². The Balaban J connectivity index is 0.00000408. The fraction of sp³-hybridized carbons (Fsp3) is 0.385. The molecule has 34 heavy (non-hydrogen) atoms. The Morgan fingerprint density at radius 1 is 1.06 bits per heavy atom. The van der Waals surface area contributed by atoms with Crippen molar-refractivity contribution < 1.29 is 24.1 Å². The summed E-state index contributed by atoms with van der Waals surface area (Å²) in [5, 5.41) is 13.9. The molecule has 0 aliphatic heterocycles. The predicted molar refractivity (Wildman–Crippen MR) is 135 cm³/mol. The molecule has 0 spiro atoms. The van der Waals surface area contributed by atoms with Crippen LogP contribution in [-0.2, 0) is 17.6 Å². The van der Waals surface area contributed by atoms with Crippen molar-refractivity contribution in [3.63, 3.8) is 0 Å². The van der Waals surface area contributed by atoms with E-state index in [1.807, 2.05) is 23.9 Å². The predicted octanol–water partition coefficient (Wildman–Crippen LogP) is 4.17. The van der Waals surface area contributed by atoms with Crippen molar-refractivity contribution in [1.29, 1.82) is 0 Å². The van der Waals surface area contributed by atoms with Gasteiger partial charge in [0.25, 0.3) is 0 Å². The molecule has 0 amide bonds. The van der Waals surface area contributed by atoms with Crippen LogP contribution in [0.1, 0.15) is 45.2 Å². The van der Waals surface area contributed by atoms with E-state index in [4.69, 9.17) is 14.2 Å². The summed E-state index contributed by atoms with van der Waals surface area (Å²) >= 11 is 0. The fourth-order valence-corrected chi connectivity index (χ4v) is 3.26. The van der Waals surface area contributed by atoms with Gasteiger partial charge in [-0.2, -0.15) is 0 Å². The van der Waals surface area contributed by atoms with Gasteiger partial charge in [-0.05, 0) is 69.9 Å². The molecule has 3 rings (SSSR count). The first kappa shape index (κ1) is 28.0. The molecule has 1 heterocycles. The summed E-state index contributed by atoms with van der Waals surface area (Å²) in [6.45, 7) is 8.15. The molecule has 8 heteroatoms. The molecule has 3 aromatic rings. The molecule has 0 atom stereocenters. The molecule has 0 bridgehead atoms. The van der Waals surface area contributed by atoms with Crippen molar-refractivity contribution in [1.82, 2.24) is 9.78 Å². The number of carboxylic acids is 1. The van der Waals surface area contributed by atoms with E-state index in [1.165, 1.54) is 19.4 Å². The number of nitrogens with zero attached hydrogens (tertiary/aromatic N) is 2. The second kappa shape index (κ2) is 13.0. The topological polar surface area (TPSA) is 82.8 Å². The maximum absolute atomic E-state index is 11.3. The molecule has 0 fully saturated rings. The fourth-order valence-electron chi connectivity index (χ4n) is 3.26. The van der Waals surface area contributed by atoms with E-state index >= 15 is 0 Å². The standard InChI is InChI=1S/C26H32N2O5.Ca.2H/c1-5-19-12-14-21(15-13-19)28-18-20(24(27-28)31-6-2)9-8-16-32-22-10-7-11-23(17-22)33-26(3,4)25(29)30;;;/h7,10-15,17-18H,5-6,8-9,16H2,1-4H3,(H,29,30);;;. The van der Waals surface area contributed by atoms with E-state index in [2.05, 4.69) is 36.3 Å². The average molecular weight is 495 g/mol. The molecule has 1 N–H and O–H groups in total. The molecule has 7 nitrogen and oxygen atoms in total. The van der Waals surface area contributed by atoms with Crippen molar-refractivity contribution >= 4 is 43.7 Å². The first-order valence-corrected chi connectivity index (χ1v) is 11.3.